The number of nitrogens with zero attached hydrogens (tertiary/aromatic N) is 1. The van der Waals surface area contributed by atoms with Gasteiger partial charge in [0.25, 0.3) is 0 Å². The van der Waals surface area contributed by atoms with E-state index in [4.69, 9.17) is 0 Å². The van der Waals surface area contributed by atoms with Gasteiger partial charge >= 0.3 is 0 Å². The molecule has 1 aliphatic rings. The molecule has 0 aliphatic heterocycles. The summed E-state index contributed by atoms with van der Waals surface area (Å²) in [5.74, 6) is 0.198. The zero-order valence-corrected chi connectivity index (χ0v) is 8.46. The quantitative estimate of drug-likeness (QED) is 0.634. The SMILES string of the molecule is CC(=O)c1cc2c(n1C)CCCC2=O. The van der Waals surface area contributed by atoms with E-state index in [1.807, 2.05) is 11.6 Å². The zero-order chi connectivity index (χ0) is 10.3. The summed E-state index contributed by atoms with van der Waals surface area (Å²) in [5.41, 5.74) is 2.42. The second-order valence-corrected chi connectivity index (χ2v) is 3.78. The molecule has 1 aromatic rings. The molecule has 0 N–H and O–H groups in total. The molecule has 1 aromatic heterocycles. The first-order chi connectivity index (χ1) is 6.61. The summed E-state index contributed by atoms with van der Waals surface area (Å²) in [4.78, 5) is 22.8. The molecule has 0 bridgehead atoms. The number of carbonyl (C=O) groups excluding carboxylic acids is 2. The third kappa shape index (κ3) is 1.20. The predicted molar refractivity (Wildman–Crippen MR) is 52.7 cm³/mol. The summed E-state index contributed by atoms with van der Waals surface area (Å²) in [6, 6.07) is 1.74. The highest BCUT2D eigenvalue weighted by Crippen LogP contribution is 2.24. The van der Waals surface area contributed by atoms with Gasteiger partial charge < -0.3 is 4.57 Å². The van der Waals surface area contributed by atoms with Crippen molar-refractivity contribution >= 4 is 11.6 Å². The van der Waals surface area contributed by atoms with Gasteiger partial charge in [-0.3, -0.25) is 9.59 Å². The van der Waals surface area contributed by atoms with Crippen molar-refractivity contribution in [2.75, 3.05) is 0 Å². The highest BCUT2D eigenvalue weighted by molar-refractivity contribution is 6.02. The van der Waals surface area contributed by atoms with Gasteiger partial charge in [-0.25, -0.2) is 0 Å². The molecule has 1 aliphatic carbocycles. The lowest BCUT2D eigenvalue weighted by Crippen LogP contribution is -2.12. The van der Waals surface area contributed by atoms with Gasteiger partial charge in [0.2, 0.25) is 0 Å². The summed E-state index contributed by atoms with van der Waals surface area (Å²) < 4.78 is 1.86. The van der Waals surface area contributed by atoms with Crippen LogP contribution in [0.4, 0.5) is 0 Å². The second kappa shape index (κ2) is 3.08. The van der Waals surface area contributed by atoms with Crippen molar-refractivity contribution in [1.29, 1.82) is 0 Å². The highest BCUT2D eigenvalue weighted by atomic mass is 16.1. The molecule has 0 fully saturated rings. The average Bonchev–Trinajstić information content (AvgIpc) is 2.46. The number of carbonyl (C=O) groups is 2. The molecule has 0 atom stereocenters. The molecule has 3 nitrogen and oxygen atoms in total. The first kappa shape index (κ1) is 9.19. The third-order valence-corrected chi connectivity index (χ3v) is 2.84. The molecule has 0 unspecified atom stereocenters. The van der Waals surface area contributed by atoms with Crippen LogP contribution in [-0.4, -0.2) is 16.1 Å². The molecular weight excluding hydrogens is 178 g/mol. The van der Waals surface area contributed by atoms with Gasteiger partial charge in [-0.05, 0) is 18.9 Å². The zero-order valence-electron chi connectivity index (χ0n) is 8.46. The number of aromatic nitrogens is 1. The topological polar surface area (TPSA) is 39.1 Å². The first-order valence-electron chi connectivity index (χ1n) is 4.84. The Bertz CT molecular complexity index is 415. The van der Waals surface area contributed by atoms with Gasteiger partial charge in [-0.1, -0.05) is 0 Å². The third-order valence-electron chi connectivity index (χ3n) is 2.84. The highest BCUT2D eigenvalue weighted by Gasteiger charge is 2.23. The normalized spacial score (nSPS) is 15.4. The molecule has 0 amide bonds. The van der Waals surface area contributed by atoms with Gasteiger partial charge in [-0.2, -0.15) is 0 Å². The molecule has 0 spiro atoms. The minimum atomic E-state index is 0.0229. The van der Waals surface area contributed by atoms with Crippen LogP contribution >= 0.6 is 0 Å². The van der Waals surface area contributed by atoms with Crippen LogP contribution in [0.3, 0.4) is 0 Å². The van der Waals surface area contributed by atoms with E-state index in [2.05, 4.69) is 0 Å². The van der Waals surface area contributed by atoms with E-state index in [1.54, 1.807) is 6.07 Å². The number of hydrogen-bond acceptors (Lipinski definition) is 2. The van der Waals surface area contributed by atoms with E-state index < -0.39 is 0 Å². The monoisotopic (exact) mass is 191 g/mol. The van der Waals surface area contributed by atoms with Crippen LogP contribution in [0, 0.1) is 0 Å². The minimum absolute atomic E-state index is 0.0229. The van der Waals surface area contributed by atoms with Crippen molar-refractivity contribution in [1.82, 2.24) is 4.57 Å². The number of hydrogen-bond donors (Lipinski definition) is 0. The Morgan fingerprint density at radius 2 is 2.14 bits per heavy atom. The molecule has 0 saturated carbocycles. The van der Waals surface area contributed by atoms with Crippen LogP contribution in [0.15, 0.2) is 6.07 Å². The summed E-state index contributed by atoms with van der Waals surface area (Å²) in [7, 11) is 1.86. The Kier molecular flexibility index (Phi) is 2.02. The van der Waals surface area contributed by atoms with Crippen molar-refractivity contribution < 1.29 is 9.59 Å². The predicted octanol–water partition coefficient (Wildman–Crippen LogP) is 1.75. The van der Waals surface area contributed by atoms with Gasteiger partial charge in [0.15, 0.2) is 11.6 Å². The Balaban J connectivity index is 2.59. The van der Waals surface area contributed by atoms with Gasteiger partial charge in [-0.15, -0.1) is 0 Å². The van der Waals surface area contributed by atoms with E-state index in [0.717, 1.165) is 24.1 Å². The van der Waals surface area contributed by atoms with Crippen LogP contribution in [0.2, 0.25) is 0 Å². The second-order valence-electron chi connectivity index (χ2n) is 3.78. The Morgan fingerprint density at radius 1 is 1.43 bits per heavy atom. The minimum Gasteiger partial charge on any atom is -0.345 e. The van der Waals surface area contributed by atoms with Crippen LogP contribution in [-0.2, 0) is 13.5 Å². The first-order valence-corrected chi connectivity index (χ1v) is 4.84. The van der Waals surface area contributed by atoms with Crippen LogP contribution in [0.25, 0.3) is 0 Å². The van der Waals surface area contributed by atoms with Crippen molar-refractivity contribution in [3.8, 4) is 0 Å². The molecule has 74 valence electrons. The molecule has 2 rings (SSSR count). The van der Waals surface area contributed by atoms with E-state index in [1.165, 1.54) is 6.92 Å². The van der Waals surface area contributed by atoms with Gasteiger partial charge in [0.1, 0.15) is 0 Å². The van der Waals surface area contributed by atoms with Crippen molar-refractivity contribution in [3.63, 3.8) is 0 Å². The van der Waals surface area contributed by atoms with Crippen LogP contribution in [0.5, 0.6) is 0 Å². The number of fused-ring (bicyclic) bond motifs is 1. The molecule has 14 heavy (non-hydrogen) atoms. The summed E-state index contributed by atoms with van der Waals surface area (Å²) in [6.07, 6.45) is 2.43. The maximum Gasteiger partial charge on any atom is 0.176 e. The van der Waals surface area contributed by atoms with Crippen LogP contribution < -0.4 is 0 Å². The molecule has 1 heterocycles. The van der Waals surface area contributed by atoms with Crippen molar-refractivity contribution in [2.24, 2.45) is 7.05 Å². The lowest BCUT2D eigenvalue weighted by molar-refractivity contribution is 0.0970. The van der Waals surface area contributed by atoms with Crippen molar-refractivity contribution in [3.05, 3.63) is 23.0 Å². The molecule has 0 radical (unpaired) electrons. The van der Waals surface area contributed by atoms with Gasteiger partial charge in [0.05, 0.1) is 5.69 Å². The lowest BCUT2D eigenvalue weighted by atomic mass is 9.97. The van der Waals surface area contributed by atoms with Crippen LogP contribution in [0.1, 0.15) is 46.3 Å². The van der Waals surface area contributed by atoms with Crippen molar-refractivity contribution in [2.45, 2.75) is 26.2 Å². The largest absolute Gasteiger partial charge is 0.345 e. The average molecular weight is 191 g/mol. The summed E-state index contributed by atoms with van der Waals surface area (Å²) >= 11 is 0. The maximum atomic E-state index is 11.5. The number of Topliss-reactive ketones (excluding diaryl/α,β-unsaturated/α-hetero) is 2. The van der Waals surface area contributed by atoms with E-state index >= 15 is 0 Å². The van der Waals surface area contributed by atoms with E-state index in [-0.39, 0.29) is 11.6 Å². The molecule has 0 saturated heterocycles. The molecule has 3 heteroatoms. The Morgan fingerprint density at radius 3 is 2.71 bits per heavy atom. The standard InChI is InChI=1S/C11H13NO2/c1-7(13)10-6-8-9(12(10)2)4-3-5-11(8)14/h6H,3-5H2,1-2H3. The smallest absolute Gasteiger partial charge is 0.176 e. The van der Waals surface area contributed by atoms with E-state index in [9.17, 15) is 9.59 Å². The fourth-order valence-electron chi connectivity index (χ4n) is 2.08. The molecule has 0 aromatic carbocycles. The Hall–Kier alpha value is -1.38. The number of rotatable bonds is 1. The van der Waals surface area contributed by atoms with Gasteiger partial charge in [0, 0.05) is 31.6 Å². The van der Waals surface area contributed by atoms with E-state index in [0.29, 0.717) is 12.1 Å². The fourth-order valence-corrected chi connectivity index (χ4v) is 2.08. The number of ketones is 2. The Labute approximate surface area is 82.7 Å². The summed E-state index contributed by atoms with van der Waals surface area (Å²) in [6.45, 7) is 1.53. The lowest BCUT2D eigenvalue weighted by Gasteiger charge is -2.12. The molecular formula is C11H13NO2. The maximum absolute atomic E-state index is 11.5. The fraction of sp³-hybridized carbons (Fsp3) is 0.455. The summed E-state index contributed by atoms with van der Waals surface area (Å²) in [5, 5.41) is 0.